The number of amides is 1. The molecule has 1 amide bonds. The van der Waals surface area contributed by atoms with E-state index in [9.17, 15) is 4.79 Å². The van der Waals surface area contributed by atoms with Gasteiger partial charge in [-0.1, -0.05) is 15.9 Å². The number of halogens is 1. The van der Waals surface area contributed by atoms with Crippen LogP contribution in [0.25, 0.3) is 0 Å². The van der Waals surface area contributed by atoms with Crippen molar-refractivity contribution in [3.63, 3.8) is 0 Å². The number of nitrogens with two attached hydrogens (primary N) is 1. The first-order valence-electron chi connectivity index (χ1n) is 5.46. The highest BCUT2D eigenvalue weighted by Gasteiger charge is 2.48. The summed E-state index contributed by atoms with van der Waals surface area (Å²) in [6.45, 7) is 0.407. The molecule has 0 aromatic heterocycles. The van der Waals surface area contributed by atoms with Crippen LogP contribution in [0.3, 0.4) is 0 Å². The lowest BCUT2D eigenvalue weighted by Gasteiger charge is -2.13. The van der Waals surface area contributed by atoms with Gasteiger partial charge in [0.1, 0.15) is 5.75 Å². The van der Waals surface area contributed by atoms with Crippen molar-refractivity contribution in [1.29, 1.82) is 0 Å². The molecular weight excluding hydrogens is 284 g/mol. The molecule has 0 bridgehead atoms. The first-order valence-corrected chi connectivity index (χ1v) is 6.25. The van der Waals surface area contributed by atoms with Crippen molar-refractivity contribution in [1.82, 2.24) is 0 Å². The van der Waals surface area contributed by atoms with Crippen LogP contribution in [-0.2, 0) is 4.79 Å². The maximum Gasteiger partial charge on any atom is 0.231 e. The van der Waals surface area contributed by atoms with Gasteiger partial charge in [-0.3, -0.25) is 4.79 Å². The van der Waals surface area contributed by atoms with Gasteiger partial charge in [-0.25, -0.2) is 0 Å². The van der Waals surface area contributed by atoms with E-state index in [0.29, 0.717) is 12.3 Å². The molecule has 1 aliphatic rings. The zero-order valence-corrected chi connectivity index (χ0v) is 11.2. The minimum atomic E-state index is -0.338. The number of anilines is 1. The Balaban J connectivity index is 2.13. The van der Waals surface area contributed by atoms with Crippen molar-refractivity contribution in [2.75, 3.05) is 19.0 Å². The fraction of sp³-hybridized carbons (Fsp3) is 0.417. The molecule has 3 N–H and O–H groups in total. The van der Waals surface area contributed by atoms with E-state index >= 15 is 0 Å². The highest BCUT2D eigenvalue weighted by Crippen LogP contribution is 2.45. The van der Waals surface area contributed by atoms with E-state index in [2.05, 4.69) is 21.2 Å². The average molecular weight is 299 g/mol. The largest absolute Gasteiger partial charge is 0.497 e. The average Bonchev–Trinajstić information content (AvgIpc) is 3.09. The van der Waals surface area contributed by atoms with E-state index in [-0.39, 0.29) is 11.3 Å². The number of carbonyl (C=O) groups excluding carboxylic acids is 1. The first-order chi connectivity index (χ1) is 8.09. The molecule has 0 unspecified atom stereocenters. The number of nitrogens with one attached hydrogen (secondary N) is 1. The van der Waals surface area contributed by atoms with E-state index in [0.717, 1.165) is 23.0 Å². The van der Waals surface area contributed by atoms with Crippen molar-refractivity contribution < 1.29 is 9.53 Å². The first kappa shape index (κ1) is 12.4. The Bertz CT molecular complexity index is 444. The second kappa shape index (κ2) is 4.66. The Kier molecular flexibility index (Phi) is 3.40. The topological polar surface area (TPSA) is 64.3 Å². The summed E-state index contributed by atoms with van der Waals surface area (Å²) in [6, 6.07) is 5.47. The molecule has 0 saturated heterocycles. The van der Waals surface area contributed by atoms with Crippen LogP contribution in [0.1, 0.15) is 12.8 Å². The number of carbonyl (C=O) groups is 1. The second-order valence-electron chi connectivity index (χ2n) is 4.32. The van der Waals surface area contributed by atoms with Gasteiger partial charge in [-0.05, 0) is 25.0 Å². The van der Waals surface area contributed by atoms with Crippen LogP contribution < -0.4 is 15.8 Å². The molecule has 17 heavy (non-hydrogen) atoms. The summed E-state index contributed by atoms with van der Waals surface area (Å²) in [5.41, 5.74) is 6.00. The summed E-state index contributed by atoms with van der Waals surface area (Å²) >= 11 is 3.37. The number of hydrogen-bond acceptors (Lipinski definition) is 3. The SMILES string of the molecule is COc1cc(Br)cc(NC(=O)C2(CN)CC2)c1. The van der Waals surface area contributed by atoms with Crippen LogP contribution in [0, 0.1) is 5.41 Å². The fourth-order valence-electron chi connectivity index (χ4n) is 1.69. The van der Waals surface area contributed by atoms with Crippen molar-refractivity contribution in [2.45, 2.75) is 12.8 Å². The Morgan fingerprint density at radius 2 is 2.24 bits per heavy atom. The van der Waals surface area contributed by atoms with Gasteiger partial charge < -0.3 is 15.8 Å². The third-order valence-electron chi connectivity index (χ3n) is 3.09. The van der Waals surface area contributed by atoms with Gasteiger partial charge in [0.25, 0.3) is 0 Å². The molecule has 0 spiro atoms. The molecule has 0 atom stereocenters. The fourth-order valence-corrected chi connectivity index (χ4v) is 2.16. The van der Waals surface area contributed by atoms with Gasteiger partial charge in [0.15, 0.2) is 0 Å². The minimum absolute atomic E-state index is 0.000142. The lowest BCUT2D eigenvalue weighted by atomic mass is 10.1. The molecule has 1 aromatic carbocycles. The Morgan fingerprint density at radius 3 is 2.76 bits per heavy atom. The Labute approximate surface area is 109 Å². The maximum atomic E-state index is 12.0. The second-order valence-corrected chi connectivity index (χ2v) is 5.23. The van der Waals surface area contributed by atoms with Gasteiger partial charge in [0.2, 0.25) is 5.91 Å². The molecule has 0 heterocycles. The maximum absolute atomic E-state index is 12.0. The number of hydrogen-bond donors (Lipinski definition) is 2. The number of ether oxygens (including phenoxy) is 1. The number of benzene rings is 1. The Morgan fingerprint density at radius 1 is 1.53 bits per heavy atom. The van der Waals surface area contributed by atoms with E-state index in [1.807, 2.05) is 12.1 Å². The van der Waals surface area contributed by atoms with Gasteiger partial charge in [0.05, 0.1) is 12.5 Å². The van der Waals surface area contributed by atoms with Gasteiger partial charge in [-0.2, -0.15) is 0 Å². The van der Waals surface area contributed by atoms with Crippen molar-refractivity contribution in [2.24, 2.45) is 11.1 Å². The van der Waals surface area contributed by atoms with Gasteiger partial charge >= 0.3 is 0 Å². The van der Waals surface area contributed by atoms with Crippen LogP contribution >= 0.6 is 15.9 Å². The van der Waals surface area contributed by atoms with Crippen LogP contribution in [0.5, 0.6) is 5.75 Å². The zero-order chi connectivity index (χ0) is 12.5. The third-order valence-corrected chi connectivity index (χ3v) is 3.55. The molecule has 4 nitrogen and oxygen atoms in total. The number of methoxy groups -OCH3 is 1. The van der Waals surface area contributed by atoms with Crippen LogP contribution in [0.15, 0.2) is 22.7 Å². The molecule has 5 heteroatoms. The van der Waals surface area contributed by atoms with Crippen LogP contribution in [0.2, 0.25) is 0 Å². The van der Waals surface area contributed by atoms with Crippen LogP contribution in [-0.4, -0.2) is 19.6 Å². The molecule has 1 saturated carbocycles. The van der Waals surface area contributed by atoms with E-state index in [1.54, 1.807) is 13.2 Å². The smallest absolute Gasteiger partial charge is 0.231 e. The van der Waals surface area contributed by atoms with Crippen molar-refractivity contribution >= 4 is 27.5 Å². The van der Waals surface area contributed by atoms with Crippen molar-refractivity contribution in [3.8, 4) is 5.75 Å². The monoisotopic (exact) mass is 298 g/mol. The molecule has 0 aliphatic heterocycles. The molecular formula is C12H15BrN2O2. The molecule has 0 radical (unpaired) electrons. The summed E-state index contributed by atoms with van der Waals surface area (Å²) < 4.78 is 6.00. The highest BCUT2D eigenvalue weighted by atomic mass is 79.9. The Hall–Kier alpha value is -1.07. The molecule has 92 valence electrons. The summed E-state index contributed by atoms with van der Waals surface area (Å²) in [7, 11) is 1.59. The molecule has 2 rings (SSSR count). The van der Waals surface area contributed by atoms with Crippen molar-refractivity contribution in [3.05, 3.63) is 22.7 Å². The minimum Gasteiger partial charge on any atom is -0.497 e. The van der Waals surface area contributed by atoms with E-state index in [4.69, 9.17) is 10.5 Å². The zero-order valence-electron chi connectivity index (χ0n) is 9.63. The quantitative estimate of drug-likeness (QED) is 0.895. The summed E-state index contributed by atoms with van der Waals surface area (Å²) in [5.74, 6) is 0.701. The lowest BCUT2D eigenvalue weighted by molar-refractivity contribution is -0.120. The molecule has 1 aromatic rings. The van der Waals surface area contributed by atoms with Gasteiger partial charge in [0, 0.05) is 22.8 Å². The summed E-state index contributed by atoms with van der Waals surface area (Å²) in [6.07, 6.45) is 1.75. The van der Waals surface area contributed by atoms with Crippen LogP contribution in [0.4, 0.5) is 5.69 Å². The standard InChI is InChI=1S/C12H15BrN2O2/c1-17-10-5-8(13)4-9(6-10)15-11(16)12(7-14)2-3-12/h4-6H,2-3,7,14H2,1H3,(H,15,16). The van der Waals surface area contributed by atoms with Gasteiger partial charge in [-0.15, -0.1) is 0 Å². The lowest BCUT2D eigenvalue weighted by Crippen LogP contribution is -2.30. The number of rotatable bonds is 4. The normalized spacial score (nSPS) is 16.4. The molecule has 1 aliphatic carbocycles. The predicted octanol–water partition coefficient (Wildman–Crippen LogP) is 2.14. The van der Waals surface area contributed by atoms with E-state index < -0.39 is 0 Å². The predicted molar refractivity (Wildman–Crippen MR) is 70.0 cm³/mol. The molecule has 1 fully saturated rings. The third kappa shape index (κ3) is 2.61. The highest BCUT2D eigenvalue weighted by molar-refractivity contribution is 9.10. The summed E-state index contributed by atoms with van der Waals surface area (Å²) in [5, 5.41) is 2.88. The van der Waals surface area contributed by atoms with E-state index in [1.165, 1.54) is 0 Å². The summed E-state index contributed by atoms with van der Waals surface area (Å²) in [4.78, 5) is 12.0.